The average Bonchev–Trinajstić information content (AvgIpc) is 2.97. The van der Waals surface area contributed by atoms with E-state index in [1.54, 1.807) is 6.08 Å². The summed E-state index contributed by atoms with van der Waals surface area (Å²) in [5.41, 5.74) is 0. The van der Waals surface area contributed by atoms with Gasteiger partial charge < -0.3 is 9.84 Å². The zero-order valence-electron chi connectivity index (χ0n) is 14.4. The van der Waals surface area contributed by atoms with Gasteiger partial charge in [0.2, 0.25) is 0 Å². The van der Waals surface area contributed by atoms with Gasteiger partial charge in [-0.3, -0.25) is 0 Å². The smallest absolute Gasteiger partial charge is 0.327 e. The van der Waals surface area contributed by atoms with Gasteiger partial charge in [0.1, 0.15) is 0 Å². The molecule has 0 aromatic carbocycles. The van der Waals surface area contributed by atoms with Crippen molar-refractivity contribution in [2.45, 2.75) is 51.9 Å². The lowest BCUT2D eigenvalue weighted by Crippen LogP contribution is -2.12. The Morgan fingerprint density at radius 1 is 1.13 bits per heavy atom. The standard InChI is InChI=1S/C19H32O3S/c1-2-3-4-9-13-23-14-12-18-16-22-15-17(18)10-7-5-6-8-11-19(20)21/h5,7-8,11,17-18H,2-4,6,9-10,12-16H2,1H3,(H,20,21)/b7-5?,11-8-/t17-,18+/m0/s1. The molecule has 1 aliphatic heterocycles. The molecule has 0 radical (unpaired) electrons. The van der Waals surface area contributed by atoms with Crippen LogP contribution in [0.1, 0.15) is 51.9 Å². The summed E-state index contributed by atoms with van der Waals surface area (Å²) in [4.78, 5) is 10.4. The molecular weight excluding hydrogens is 308 g/mol. The van der Waals surface area contributed by atoms with E-state index in [1.165, 1.54) is 49.7 Å². The van der Waals surface area contributed by atoms with Gasteiger partial charge in [0, 0.05) is 12.7 Å². The fraction of sp³-hybridized carbons (Fsp3) is 0.737. The summed E-state index contributed by atoms with van der Waals surface area (Å²) in [6.07, 6.45) is 15.5. The first-order valence-electron chi connectivity index (χ1n) is 8.94. The molecule has 0 aliphatic carbocycles. The number of unbranched alkanes of at least 4 members (excludes halogenated alkanes) is 3. The van der Waals surface area contributed by atoms with Crippen molar-refractivity contribution in [2.75, 3.05) is 24.7 Å². The van der Waals surface area contributed by atoms with Crippen molar-refractivity contribution in [3.8, 4) is 0 Å². The third-order valence-electron chi connectivity index (χ3n) is 4.24. The van der Waals surface area contributed by atoms with Gasteiger partial charge in [-0.15, -0.1) is 0 Å². The lowest BCUT2D eigenvalue weighted by Gasteiger charge is -2.15. The monoisotopic (exact) mass is 340 g/mol. The minimum Gasteiger partial charge on any atom is -0.478 e. The van der Waals surface area contributed by atoms with Gasteiger partial charge in [0.15, 0.2) is 0 Å². The van der Waals surface area contributed by atoms with Crippen LogP contribution in [0.4, 0.5) is 0 Å². The fourth-order valence-corrected chi connectivity index (χ4v) is 3.89. The molecule has 23 heavy (non-hydrogen) atoms. The van der Waals surface area contributed by atoms with Crippen LogP contribution < -0.4 is 0 Å². The number of carbonyl (C=O) groups is 1. The maximum Gasteiger partial charge on any atom is 0.327 e. The van der Waals surface area contributed by atoms with Crippen LogP contribution >= 0.6 is 11.8 Å². The summed E-state index contributed by atoms with van der Waals surface area (Å²) in [7, 11) is 0. The Bertz CT molecular complexity index is 366. The van der Waals surface area contributed by atoms with Crippen molar-refractivity contribution in [3.63, 3.8) is 0 Å². The summed E-state index contributed by atoms with van der Waals surface area (Å²) in [6, 6.07) is 0. The second kappa shape index (κ2) is 13.7. The predicted octanol–water partition coefficient (Wildman–Crippen LogP) is 4.93. The predicted molar refractivity (Wildman–Crippen MR) is 99.0 cm³/mol. The van der Waals surface area contributed by atoms with Crippen molar-refractivity contribution < 1.29 is 14.6 Å². The van der Waals surface area contributed by atoms with Gasteiger partial charge >= 0.3 is 5.97 Å². The summed E-state index contributed by atoms with van der Waals surface area (Å²) in [5, 5.41) is 8.51. The number of rotatable bonds is 13. The number of carboxylic acid groups (broad SMARTS) is 1. The molecule has 4 heteroatoms. The zero-order valence-corrected chi connectivity index (χ0v) is 15.2. The highest BCUT2D eigenvalue weighted by Crippen LogP contribution is 2.28. The Kier molecular flexibility index (Phi) is 12.1. The third-order valence-corrected chi connectivity index (χ3v) is 5.35. The van der Waals surface area contributed by atoms with E-state index in [4.69, 9.17) is 9.84 Å². The lowest BCUT2D eigenvalue weighted by molar-refractivity contribution is -0.131. The van der Waals surface area contributed by atoms with Crippen LogP contribution in [-0.4, -0.2) is 35.8 Å². The molecule has 0 aromatic heterocycles. The first-order valence-corrected chi connectivity index (χ1v) is 10.1. The molecule has 0 aromatic rings. The number of thioether (sulfide) groups is 1. The summed E-state index contributed by atoms with van der Waals surface area (Å²) >= 11 is 2.09. The van der Waals surface area contributed by atoms with Crippen molar-refractivity contribution >= 4 is 17.7 Å². The Labute approximate surface area is 145 Å². The molecule has 0 amide bonds. The SMILES string of the molecule is CCCCCCSCC[C@@H]1COC[C@@H]1CC=CC/C=C\C(=O)O. The van der Waals surface area contributed by atoms with Crippen LogP contribution in [0.3, 0.4) is 0 Å². The minimum absolute atomic E-state index is 0.635. The molecule has 0 bridgehead atoms. The second-order valence-corrected chi connectivity index (χ2v) is 7.43. The minimum atomic E-state index is -0.880. The van der Waals surface area contributed by atoms with Gasteiger partial charge in [-0.05, 0) is 49.0 Å². The molecule has 1 fully saturated rings. The van der Waals surface area contributed by atoms with E-state index < -0.39 is 5.97 Å². The number of hydrogen-bond acceptors (Lipinski definition) is 3. The third kappa shape index (κ3) is 10.6. The number of aliphatic carboxylic acids is 1. The Morgan fingerprint density at radius 3 is 2.74 bits per heavy atom. The van der Waals surface area contributed by atoms with Crippen molar-refractivity contribution in [1.82, 2.24) is 0 Å². The van der Waals surface area contributed by atoms with Crippen molar-refractivity contribution in [3.05, 3.63) is 24.3 Å². The molecular formula is C19H32O3S. The molecule has 0 unspecified atom stereocenters. The normalized spacial score (nSPS) is 21.6. The Hall–Kier alpha value is -0.740. The van der Waals surface area contributed by atoms with Crippen LogP contribution in [0.15, 0.2) is 24.3 Å². The Balaban J connectivity index is 2.09. The molecule has 0 saturated carbocycles. The van der Waals surface area contributed by atoms with E-state index in [2.05, 4.69) is 30.8 Å². The molecule has 3 nitrogen and oxygen atoms in total. The van der Waals surface area contributed by atoms with Gasteiger partial charge in [-0.25, -0.2) is 4.79 Å². The van der Waals surface area contributed by atoms with Crippen LogP contribution in [0.25, 0.3) is 0 Å². The van der Waals surface area contributed by atoms with Gasteiger partial charge in [-0.2, -0.15) is 11.8 Å². The lowest BCUT2D eigenvalue weighted by atomic mass is 9.90. The summed E-state index contributed by atoms with van der Waals surface area (Å²) in [6.45, 7) is 4.04. The maximum absolute atomic E-state index is 10.4. The highest BCUT2D eigenvalue weighted by atomic mass is 32.2. The average molecular weight is 341 g/mol. The van der Waals surface area contributed by atoms with Crippen LogP contribution in [-0.2, 0) is 9.53 Å². The van der Waals surface area contributed by atoms with Crippen molar-refractivity contribution in [1.29, 1.82) is 0 Å². The van der Waals surface area contributed by atoms with Gasteiger partial charge in [0.05, 0.1) is 6.61 Å². The number of allylic oxidation sites excluding steroid dienone is 3. The number of ether oxygens (including phenoxy) is 1. The first-order chi connectivity index (χ1) is 11.2. The number of hydrogen-bond donors (Lipinski definition) is 1. The molecule has 1 rings (SSSR count). The van der Waals surface area contributed by atoms with Gasteiger partial charge in [-0.1, -0.05) is 44.4 Å². The molecule has 0 spiro atoms. The zero-order chi connectivity index (χ0) is 16.8. The molecule has 1 heterocycles. The first kappa shape index (κ1) is 20.3. The Morgan fingerprint density at radius 2 is 1.96 bits per heavy atom. The van der Waals surface area contributed by atoms with E-state index in [0.29, 0.717) is 18.3 Å². The maximum atomic E-state index is 10.4. The van der Waals surface area contributed by atoms with Crippen LogP contribution in [0.5, 0.6) is 0 Å². The molecule has 1 aliphatic rings. The van der Waals surface area contributed by atoms with E-state index in [9.17, 15) is 4.79 Å². The van der Waals surface area contributed by atoms with E-state index in [-0.39, 0.29) is 0 Å². The second-order valence-electron chi connectivity index (χ2n) is 6.20. The van der Waals surface area contributed by atoms with Crippen LogP contribution in [0.2, 0.25) is 0 Å². The molecule has 1 saturated heterocycles. The largest absolute Gasteiger partial charge is 0.478 e. The van der Waals surface area contributed by atoms with Crippen LogP contribution in [0, 0.1) is 11.8 Å². The van der Waals surface area contributed by atoms with E-state index >= 15 is 0 Å². The quantitative estimate of drug-likeness (QED) is 0.293. The highest BCUT2D eigenvalue weighted by Gasteiger charge is 2.26. The molecule has 2 atom stereocenters. The summed E-state index contributed by atoms with van der Waals surface area (Å²) < 4.78 is 5.65. The van der Waals surface area contributed by atoms with E-state index in [1.807, 2.05) is 0 Å². The molecule has 132 valence electrons. The number of carboxylic acids is 1. The molecule has 1 N–H and O–H groups in total. The highest BCUT2D eigenvalue weighted by molar-refractivity contribution is 7.99. The van der Waals surface area contributed by atoms with E-state index in [0.717, 1.165) is 19.6 Å². The van der Waals surface area contributed by atoms with Gasteiger partial charge in [0.25, 0.3) is 0 Å². The fourth-order valence-electron chi connectivity index (χ4n) is 2.80. The van der Waals surface area contributed by atoms with Crippen molar-refractivity contribution in [2.24, 2.45) is 11.8 Å². The summed E-state index contributed by atoms with van der Waals surface area (Å²) in [5.74, 6) is 3.00. The topological polar surface area (TPSA) is 46.5 Å².